The predicted molar refractivity (Wildman–Crippen MR) is 496 cm³/mol. The van der Waals surface area contributed by atoms with E-state index in [4.69, 9.17) is 28.4 Å². The second-order valence-corrected chi connectivity index (χ2v) is 33.2. The monoisotopic (exact) mass is 1770 g/mol. The first-order chi connectivity index (χ1) is 63.9. The lowest BCUT2D eigenvalue weighted by Gasteiger charge is -2.19. The summed E-state index contributed by atoms with van der Waals surface area (Å²) in [4.78, 5) is 45.0. The van der Waals surface area contributed by atoms with Crippen LogP contribution in [0.1, 0.15) is 86.3 Å². The Morgan fingerprint density at radius 2 is 0.656 bits per heavy atom. The molecule has 0 radical (unpaired) electrons. The van der Waals surface area contributed by atoms with Crippen molar-refractivity contribution in [2.24, 2.45) is 0 Å². The highest BCUT2D eigenvalue weighted by atomic mass is 19.2. The van der Waals surface area contributed by atoms with Gasteiger partial charge in [0.2, 0.25) is 0 Å². The lowest BCUT2D eigenvalue weighted by atomic mass is 9.99. The molecule has 0 saturated carbocycles. The summed E-state index contributed by atoms with van der Waals surface area (Å²) in [5.41, 5.74) is 14.5. The van der Waals surface area contributed by atoms with Gasteiger partial charge in [-0.05, 0) is 294 Å². The summed E-state index contributed by atoms with van der Waals surface area (Å²) in [5, 5.41) is 45.1. The van der Waals surface area contributed by atoms with E-state index in [0.29, 0.717) is 115 Å². The highest BCUT2D eigenvalue weighted by Crippen LogP contribution is 2.43. The Bertz CT molecular complexity index is 6320. The summed E-state index contributed by atoms with van der Waals surface area (Å²) in [6.45, 7) is 13.5. The van der Waals surface area contributed by atoms with E-state index in [9.17, 15) is 41.6 Å². The van der Waals surface area contributed by atoms with E-state index in [0.717, 1.165) is 190 Å². The third kappa shape index (κ3) is 22.3. The van der Waals surface area contributed by atoms with Crippen molar-refractivity contribution < 1.29 is 64.8 Å². The maximum atomic E-state index is 14.3. The zero-order chi connectivity index (χ0) is 90.3. The summed E-state index contributed by atoms with van der Waals surface area (Å²) in [6, 6.07) is 70.0. The van der Waals surface area contributed by atoms with Crippen LogP contribution in [0.4, 0.5) is 39.0 Å². The number of aromatic nitrogens is 3. The van der Waals surface area contributed by atoms with Crippen LogP contribution in [0.2, 0.25) is 0 Å². The largest absolute Gasteiger partial charge is 0.488 e. The lowest BCUT2D eigenvalue weighted by molar-refractivity contribution is 0.101. The SMILES string of the molecule is Cc1cc(-c2cc(C(=O)Nc3ccc(O[C@H]4CCNC4)c(-c4cccc(C#N)c4)c3)ccc2O[C@H]2CCNC2)ccc1F.Cc1ccc(-c2cc(NC(=O)c3ccc(O[C@H]4CCNC4)c(-c4ccc(F)c(F)c4)c3)ccc2O[C@H]2CCNC2)cc1.O=C(Nc1ccc(O[C@H]2CCNC2)c(-c2cccc(-c3ncn[nH]3)c2)c1)c1ccc(O[C@H]2CCNC2)c(-c2ccc(F)c(F)c2)c1. The Kier molecular flexibility index (Phi) is 28.2. The number of halogens is 5. The van der Waals surface area contributed by atoms with Gasteiger partial charge in [0.1, 0.15) is 83.3 Å². The van der Waals surface area contributed by atoms with Gasteiger partial charge < -0.3 is 76.3 Å². The van der Waals surface area contributed by atoms with E-state index in [1.54, 1.807) is 79.7 Å². The zero-order valence-corrected chi connectivity index (χ0v) is 72.2. The maximum absolute atomic E-state index is 14.3. The van der Waals surface area contributed by atoms with Crippen molar-refractivity contribution in [1.29, 1.82) is 5.26 Å². The molecule has 6 aliphatic rings. The fourth-order valence-electron chi connectivity index (χ4n) is 16.7. The minimum atomic E-state index is -0.976. The second kappa shape index (κ2) is 41.5. The number of hydrogen-bond acceptors (Lipinski definition) is 18. The summed E-state index contributed by atoms with van der Waals surface area (Å²) >= 11 is 0. The molecular formula is C104H98F5N13O9. The van der Waals surface area contributed by atoms with Gasteiger partial charge in [-0.15, -0.1) is 0 Å². The number of carbonyl (C=O) groups excluding carboxylic acids is 3. The van der Waals surface area contributed by atoms with Gasteiger partial charge in [0.05, 0.1) is 11.6 Å². The first kappa shape index (κ1) is 88.9. The van der Waals surface area contributed by atoms with Gasteiger partial charge >= 0.3 is 0 Å². The Balaban J connectivity index is 0.000000138. The maximum Gasteiger partial charge on any atom is 0.255 e. The first-order valence-corrected chi connectivity index (χ1v) is 44.1. The van der Waals surface area contributed by atoms with Crippen LogP contribution in [0.5, 0.6) is 34.5 Å². The van der Waals surface area contributed by atoms with E-state index in [-0.39, 0.29) is 60.2 Å². The standard InChI is InChI=1S/C35H32F2N6O3.C35H33FN4O3.C34H33F2N3O3/c36-30-7-4-22(16-31(30)37)28-15-24(5-8-32(28)45-26-10-12-38-18-26)35(44)42-25-6-9-33(46-27-11-13-39-19-27)29(17-25)21-2-1-3-23(14-21)34-40-20-41-43-34;1-22-15-25(5-8-32(22)36)30-17-26(6-9-33(30)42-28-11-13-38-20-28)35(41)40-27-7-10-34(43-29-12-14-39-21-29)31(18-27)24-4-2-3-23(16-24)19-37;1-21-2-4-22(5-3-21)29-18-25(8-11-33(29)42-27-13-15-38-20-27)39-34(40)24-7-10-32(41-26-12-14-37-19-26)28(16-24)23-6-9-30(35)31(36)17-23/h1-9,14-17,20,26-27,38-39H,10-13,18-19H2,(H,42,44)(H,40,41,43);2-10,15-18,28-29,38-39H,11-14,20-21H2,1H3,(H,40,41);2-11,16-18,26-27,37-38H,12-15,19-20H2,1H3,(H,39,40)/t26-,27-;28-,29-;26-,27-/m000/s1. The summed E-state index contributed by atoms with van der Waals surface area (Å²) in [7, 11) is 0. The van der Waals surface area contributed by atoms with Gasteiger partial charge in [-0.1, -0.05) is 78.4 Å². The summed E-state index contributed by atoms with van der Waals surface area (Å²) < 4.78 is 108. The van der Waals surface area contributed by atoms with Gasteiger partial charge in [0.15, 0.2) is 29.1 Å². The van der Waals surface area contributed by atoms with Gasteiger partial charge in [-0.2, -0.15) is 10.4 Å². The third-order valence-electron chi connectivity index (χ3n) is 23.7. The number of nitrogens with zero attached hydrogens (tertiary/aromatic N) is 3. The van der Waals surface area contributed by atoms with E-state index < -0.39 is 23.3 Å². The van der Waals surface area contributed by atoms with Gasteiger partial charge in [0, 0.05) is 112 Å². The quantitative estimate of drug-likeness (QED) is 0.0238. The van der Waals surface area contributed by atoms with Gasteiger partial charge in [-0.3, -0.25) is 19.5 Å². The van der Waals surface area contributed by atoms with Crippen molar-refractivity contribution in [3.8, 4) is 119 Å². The predicted octanol–water partition coefficient (Wildman–Crippen LogP) is 18.2. The molecule has 0 aliphatic carbocycles. The van der Waals surface area contributed by atoms with E-state index in [1.807, 2.05) is 128 Å². The molecule has 10 N–H and O–H groups in total. The number of nitrogens with one attached hydrogen (secondary N) is 10. The molecule has 1 aromatic heterocycles. The number of ether oxygens (including phenoxy) is 6. The van der Waals surface area contributed by atoms with Crippen LogP contribution in [-0.2, 0) is 0 Å². The molecule has 12 aromatic carbocycles. The van der Waals surface area contributed by atoms with Gasteiger partial charge in [-0.25, -0.2) is 26.9 Å². The number of aryl methyl sites for hydroxylation is 2. The highest BCUT2D eigenvalue weighted by Gasteiger charge is 2.29. The van der Waals surface area contributed by atoms with Crippen molar-refractivity contribution in [1.82, 2.24) is 47.1 Å². The van der Waals surface area contributed by atoms with E-state index in [2.05, 4.69) is 69.1 Å². The molecule has 131 heavy (non-hydrogen) atoms. The van der Waals surface area contributed by atoms with Crippen LogP contribution in [0.25, 0.3) is 78.1 Å². The Morgan fingerprint density at radius 1 is 0.336 bits per heavy atom. The molecule has 0 bridgehead atoms. The molecule has 0 unspecified atom stereocenters. The number of aromatic amines is 1. The van der Waals surface area contributed by atoms with Crippen LogP contribution >= 0.6 is 0 Å². The smallest absolute Gasteiger partial charge is 0.255 e. The molecule has 3 amide bonds. The molecule has 22 nitrogen and oxygen atoms in total. The van der Waals surface area contributed by atoms with E-state index in [1.165, 1.54) is 24.5 Å². The van der Waals surface area contributed by atoms with Crippen LogP contribution in [-0.4, -0.2) is 148 Å². The molecule has 6 atom stereocenters. The average molecular weight is 1770 g/mol. The molecule has 6 fully saturated rings. The number of hydrogen-bond donors (Lipinski definition) is 10. The summed E-state index contributed by atoms with van der Waals surface area (Å²) in [6.07, 6.45) is 6.83. The molecule has 13 aromatic rings. The molecule has 0 spiro atoms. The number of H-pyrrole nitrogens is 1. The Morgan fingerprint density at radius 3 is 1.00 bits per heavy atom. The van der Waals surface area contributed by atoms with Crippen molar-refractivity contribution in [2.45, 2.75) is 89.0 Å². The van der Waals surface area contributed by atoms with Crippen molar-refractivity contribution in [2.75, 3.05) is 94.5 Å². The van der Waals surface area contributed by atoms with Crippen molar-refractivity contribution >= 4 is 34.8 Å². The molecule has 668 valence electrons. The summed E-state index contributed by atoms with van der Waals surface area (Å²) in [5.74, 6) is -0.652. The molecular weight excluding hydrogens is 1670 g/mol. The molecule has 6 saturated heterocycles. The average Bonchev–Trinajstić information content (AvgIpc) is 0.829. The Labute approximate surface area is 755 Å². The van der Waals surface area contributed by atoms with Crippen LogP contribution < -0.4 is 76.3 Å². The number of amides is 3. The number of rotatable bonds is 25. The molecule has 27 heteroatoms. The van der Waals surface area contributed by atoms with Crippen LogP contribution in [0.3, 0.4) is 0 Å². The minimum absolute atomic E-state index is 0.0266. The molecule has 19 rings (SSSR count). The van der Waals surface area contributed by atoms with Crippen molar-refractivity contribution in [3.05, 3.63) is 305 Å². The highest BCUT2D eigenvalue weighted by molar-refractivity contribution is 6.08. The minimum Gasteiger partial charge on any atom is -0.488 e. The molecule has 7 heterocycles. The topological polar surface area (TPSA) is 280 Å². The fourth-order valence-corrected chi connectivity index (χ4v) is 16.7. The first-order valence-electron chi connectivity index (χ1n) is 44.1. The normalized spacial score (nSPS) is 17.8. The number of carbonyl (C=O) groups is 3. The van der Waals surface area contributed by atoms with Crippen LogP contribution in [0, 0.1) is 54.3 Å². The van der Waals surface area contributed by atoms with E-state index >= 15 is 0 Å². The van der Waals surface area contributed by atoms with Gasteiger partial charge in [0.25, 0.3) is 17.7 Å². The fraction of sp³-hybridized carbons (Fsp3) is 0.250. The lowest BCUT2D eigenvalue weighted by Crippen LogP contribution is -2.20. The Hall–Kier alpha value is -14.1. The number of benzene rings is 12. The number of anilines is 3. The molecule has 6 aliphatic heterocycles. The second-order valence-electron chi connectivity index (χ2n) is 33.2. The van der Waals surface area contributed by atoms with Crippen LogP contribution in [0.15, 0.2) is 243 Å². The third-order valence-corrected chi connectivity index (χ3v) is 23.7. The number of nitriles is 1. The zero-order valence-electron chi connectivity index (χ0n) is 72.2. The van der Waals surface area contributed by atoms with Crippen molar-refractivity contribution in [3.63, 3.8) is 0 Å².